The van der Waals surface area contributed by atoms with E-state index in [1.807, 2.05) is 6.07 Å². The molecule has 1 fully saturated rings. The lowest BCUT2D eigenvalue weighted by atomic mass is 9.79. The van der Waals surface area contributed by atoms with Gasteiger partial charge in [-0.3, -0.25) is 0 Å². The van der Waals surface area contributed by atoms with Gasteiger partial charge in [0.05, 0.1) is 0 Å². The smallest absolute Gasteiger partial charge is 0.125 e. The van der Waals surface area contributed by atoms with E-state index in [0.29, 0.717) is 5.92 Å². The molecule has 0 amide bonds. The van der Waals surface area contributed by atoms with Gasteiger partial charge in [-0.25, -0.2) is 4.39 Å². The third-order valence-electron chi connectivity index (χ3n) is 4.71. The predicted molar refractivity (Wildman–Crippen MR) is 76.9 cm³/mol. The maximum absolute atomic E-state index is 13.2. The fourth-order valence-electron chi connectivity index (χ4n) is 3.24. The summed E-state index contributed by atoms with van der Waals surface area (Å²) < 4.78 is 13.2. The molecule has 3 rings (SSSR count). The number of likely N-dealkylation sites (tertiary alicyclic amines) is 1. The van der Waals surface area contributed by atoms with Gasteiger partial charge in [0.2, 0.25) is 0 Å². The predicted octanol–water partition coefficient (Wildman–Crippen LogP) is 3.89. The average molecular weight is 260 g/mol. The minimum atomic E-state index is -0.176. The number of aromatic amines is 1. The third-order valence-corrected chi connectivity index (χ3v) is 4.71. The second-order valence-electron chi connectivity index (χ2n) is 6.36. The Kier molecular flexibility index (Phi) is 2.90. The summed E-state index contributed by atoms with van der Waals surface area (Å²) in [6.07, 6.45) is 4.38. The molecule has 2 heterocycles. The Morgan fingerprint density at radius 2 is 2.16 bits per heavy atom. The van der Waals surface area contributed by atoms with Crippen molar-refractivity contribution in [2.24, 2.45) is 0 Å². The number of piperidine rings is 1. The number of hydrogen-bond acceptors (Lipinski definition) is 1. The van der Waals surface area contributed by atoms with Crippen LogP contribution in [0.4, 0.5) is 4.39 Å². The monoisotopic (exact) mass is 260 g/mol. The first kappa shape index (κ1) is 12.7. The van der Waals surface area contributed by atoms with Gasteiger partial charge >= 0.3 is 0 Å². The molecule has 102 valence electrons. The zero-order chi connectivity index (χ0) is 13.6. The summed E-state index contributed by atoms with van der Waals surface area (Å²) in [6.45, 7) is 5.72. The van der Waals surface area contributed by atoms with Crippen LogP contribution in [0, 0.1) is 5.82 Å². The van der Waals surface area contributed by atoms with E-state index in [2.05, 4.69) is 37.0 Å². The van der Waals surface area contributed by atoms with E-state index in [4.69, 9.17) is 0 Å². The average Bonchev–Trinajstić information content (AvgIpc) is 2.75. The molecule has 1 aromatic heterocycles. The number of nitrogens with zero attached hydrogens (tertiary/aromatic N) is 1. The van der Waals surface area contributed by atoms with Gasteiger partial charge in [-0.05, 0) is 70.0 Å². The van der Waals surface area contributed by atoms with Crippen LogP contribution in [0.5, 0.6) is 0 Å². The number of rotatable bonds is 1. The highest BCUT2D eigenvalue weighted by Crippen LogP contribution is 2.39. The van der Waals surface area contributed by atoms with Crippen molar-refractivity contribution < 1.29 is 4.39 Å². The molecule has 0 spiro atoms. The number of benzene rings is 1. The van der Waals surface area contributed by atoms with Crippen LogP contribution in [0.2, 0.25) is 0 Å². The topological polar surface area (TPSA) is 19.0 Å². The molecular formula is C16H21FN2. The molecule has 3 heteroatoms. The number of H-pyrrole nitrogens is 1. The lowest BCUT2D eigenvalue weighted by Gasteiger charge is -2.43. The molecule has 1 N–H and O–H groups in total. The molecular weight excluding hydrogens is 239 g/mol. The molecule has 2 aromatic rings. The molecule has 1 aliphatic heterocycles. The molecule has 0 aliphatic carbocycles. The summed E-state index contributed by atoms with van der Waals surface area (Å²) in [5.41, 5.74) is 2.48. The van der Waals surface area contributed by atoms with Gasteiger partial charge in [0.25, 0.3) is 0 Å². The van der Waals surface area contributed by atoms with Crippen molar-refractivity contribution in [1.29, 1.82) is 0 Å². The van der Waals surface area contributed by atoms with Gasteiger partial charge in [0.1, 0.15) is 5.82 Å². The first-order valence-corrected chi connectivity index (χ1v) is 6.95. The van der Waals surface area contributed by atoms with Crippen molar-refractivity contribution in [2.75, 3.05) is 13.6 Å². The maximum atomic E-state index is 13.2. The first-order chi connectivity index (χ1) is 8.97. The van der Waals surface area contributed by atoms with E-state index in [0.717, 1.165) is 18.5 Å². The summed E-state index contributed by atoms with van der Waals surface area (Å²) in [5, 5.41) is 1.17. The van der Waals surface area contributed by atoms with Gasteiger partial charge in [-0.15, -0.1) is 0 Å². The SMILES string of the molecule is CN1CCC(c2c[nH]c3cc(F)ccc23)CC1(C)C. The van der Waals surface area contributed by atoms with E-state index in [1.54, 1.807) is 12.1 Å². The fraction of sp³-hybridized carbons (Fsp3) is 0.500. The fourth-order valence-corrected chi connectivity index (χ4v) is 3.24. The van der Waals surface area contributed by atoms with Crippen LogP contribution in [-0.2, 0) is 0 Å². The van der Waals surface area contributed by atoms with Gasteiger partial charge in [0, 0.05) is 22.6 Å². The molecule has 2 nitrogen and oxygen atoms in total. The summed E-state index contributed by atoms with van der Waals surface area (Å²) in [6, 6.07) is 5.04. The van der Waals surface area contributed by atoms with Crippen LogP contribution in [-0.4, -0.2) is 29.0 Å². The zero-order valence-electron chi connectivity index (χ0n) is 11.8. The molecule has 19 heavy (non-hydrogen) atoms. The summed E-state index contributed by atoms with van der Waals surface area (Å²) in [4.78, 5) is 5.64. The van der Waals surface area contributed by atoms with Crippen molar-refractivity contribution in [1.82, 2.24) is 9.88 Å². The molecule has 0 bridgehead atoms. The minimum absolute atomic E-state index is 0.176. The van der Waals surface area contributed by atoms with Crippen LogP contribution < -0.4 is 0 Å². The number of nitrogens with one attached hydrogen (secondary N) is 1. The van der Waals surface area contributed by atoms with Gasteiger partial charge in [0.15, 0.2) is 0 Å². The van der Waals surface area contributed by atoms with Gasteiger partial charge in [-0.2, -0.15) is 0 Å². The highest BCUT2D eigenvalue weighted by atomic mass is 19.1. The largest absolute Gasteiger partial charge is 0.361 e. The molecule has 1 aliphatic rings. The molecule has 1 unspecified atom stereocenters. The van der Waals surface area contributed by atoms with E-state index < -0.39 is 0 Å². The standard InChI is InChI=1S/C16H21FN2/c1-16(2)9-11(6-7-19(16)3)14-10-18-15-8-12(17)4-5-13(14)15/h4-5,8,10-11,18H,6-7,9H2,1-3H3. The number of hydrogen-bond donors (Lipinski definition) is 1. The van der Waals surface area contributed by atoms with Crippen LogP contribution in [0.15, 0.2) is 24.4 Å². The van der Waals surface area contributed by atoms with E-state index in [-0.39, 0.29) is 11.4 Å². The number of fused-ring (bicyclic) bond motifs is 1. The number of aromatic nitrogens is 1. The molecule has 0 radical (unpaired) electrons. The van der Waals surface area contributed by atoms with Crippen LogP contribution in [0.3, 0.4) is 0 Å². The molecule has 1 aromatic carbocycles. The van der Waals surface area contributed by atoms with Gasteiger partial charge < -0.3 is 9.88 Å². The lowest BCUT2D eigenvalue weighted by Crippen LogP contribution is -2.46. The van der Waals surface area contributed by atoms with Crippen molar-refractivity contribution in [3.05, 3.63) is 35.8 Å². The molecule has 0 saturated carbocycles. The van der Waals surface area contributed by atoms with Crippen LogP contribution in [0.25, 0.3) is 10.9 Å². The lowest BCUT2D eigenvalue weighted by molar-refractivity contribution is 0.0945. The Hall–Kier alpha value is -1.35. The quantitative estimate of drug-likeness (QED) is 0.824. The van der Waals surface area contributed by atoms with Crippen LogP contribution >= 0.6 is 0 Å². The van der Waals surface area contributed by atoms with Crippen molar-refractivity contribution in [2.45, 2.75) is 38.1 Å². The Bertz CT molecular complexity index is 600. The highest BCUT2D eigenvalue weighted by molar-refractivity contribution is 5.83. The second kappa shape index (κ2) is 4.34. The molecule has 1 atom stereocenters. The highest BCUT2D eigenvalue weighted by Gasteiger charge is 2.33. The Morgan fingerprint density at radius 1 is 1.37 bits per heavy atom. The van der Waals surface area contributed by atoms with E-state index in [9.17, 15) is 4.39 Å². The summed E-state index contributed by atoms with van der Waals surface area (Å²) in [7, 11) is 2.20. The summed E-state index contributed by atoms with van der Waals surface area (Å²) in [5.74, 6) is 0.384. The van der Waals surface area contributed by atoms with E-state index in [1.165, 1.54) is 17.4 Å². The minimum Gasteiger partial charge on any atom is -0.361 e. The Morgan fingerprint density at radius 3 is 2.89 bits per heavy atom. The molecule has 1 saturated heterocycles. The maximum Gasteiger partial charge on any atom is 0.125 e. The normalized spacial score (nSPS) is 23.9. The van der Waals surface area contributed by atoms with Crippen molar-refractivity contribution in [3.8, 4) is 0 Å². The number of halogens is 1. The van der Waals surface area contributed by atoms with Crippen molar-refractivity contribution >= 4 is 10.9 Å². The first-order valence-electron chi connectivity index (χ1n) is 6.95. The Labute approximate surface area is 113 Å². The van der Waals surface area contributed by atoms with Crippen LogP contribution in [0.1, 0.15) is 38.2 Å². The van der Waals surface area contributed by atoms with Gasteiger partial charge in [-0.1, -0.05) is 0 Å². The van der Waals surface area contributed by atoms with E-state index >= 15 is 0 Å². The zero-order valence-corrected chi connectivity index (χ0v) is 11.8. The third kappa shape index (κ3) is 2.16. The summed E-state index contributed by atoms with van der Waals surface area (Å²) >= 11 is 0. The Balaban J connectivity index is 1.97. The van der Waals surface area contributed by atoms with Crippen molar-refractivity contribution in [3.63, 3.8) is 0 Å². The second-order valence-corrected chi connectivity index (χ2v) is 6.36.